The normalized spacial score (nSPS) is 11.7. The Bertz CT molecular complexity index is 742. The summed E-state index contributed by atoms with van der Waals surface area (Å²) in [5.41, 5.74) is 1.94. The molecule has 3 aromatic carbocycles. The van der Waals surface area contributed by atoms with Crippen molar-refractivity contribution in [2.45, 2.75) is 19.3 Å². The molecule has 0 aliphatic carbocycles. The fourth-order valence-corrected chi connectivity index (χ4v) is 2.92. The predicted molar refractivity (Wildman–Crippen MR) is 84.2 cm³/mol. The van der Waals surface area contributed by atoms with E-state index in [1.165, 1.54) is 5.56 Å². The Morgan fingerprint density at radius 2 is 1.40 bits per heavy atom. The number of phenols is 1. The molecule has 0 saturated heterocycles. The van der Waals surface area contributed by atoms with Crippen LogP contribution in [0.3, 0.4) is 0 Å². The van der Waals surface area contributed by atoms with Crippen molar-refractivity contribution in [3.8, 4) is 5.75 Å². The van der Waals surface area contributed by atoms with E-state index < -0.39 is 0 Å². The average molecular weight is 262 g/mol. The molecule has 20 heavy (non-hydrogen) atoms. The molecule has 0 bridgehead atoms. The van der Waals surface area contributed by atoms with Gasteiger partial charge in [-0.25, -0.2) is 0 Å². The Morgan fingerprint density at radius 1 is 0.750 bits per heavy atom. The van der Waals surface area contributed by atoms with Gasteiger partial charge in [0.05, 0.1) is 0 Å². The van der Waals surface area contributed by atoms with Gasteiger partial charge >= 0.3 is 0 Å². The zero-order valence-corrected chi connectivity index (χ0v) is 11.8. The van der Waals surface area contributed by atoms with Crippen molar-refractivity contribution >= 4 is 10.8 Å². The zero-order valence-electron chi connectivity index (χ0n) is 11.8. The first kappa shape index (κ1) is 12.7. The third-order valence-corrected chi connectivity index (χ3v) is 4.03. The van der Waals surface area contributed by atoms with Gasteiger partial charge in [0.15, 0.2) is 0 Å². The molecule has 0 unspecified atom stereocenters. The van der Waals surface area contributed by atoms with Crippen LogP contribution >= 0.6 is 0 Å². The Morgan fingerprint density at radius 3 is 2.15 bits per heavy atom. The molecule has 0 saturated carbocycles. The van der Waals surface area contributed by atoms with Crippen LogP contribution in [0.15, 0.2) is 66.7 Å². The van der Waals surface area contributed by atoms with Crippen molar-refractivity contribution in [1.29, 1.82) is 0 Å². The second-order valence-electron chi connectivity index (χ2n) is 5.67. The first-order chi connectivity index (χ1) is 9.60. The quantitative estimate of drug-likeness (QED) is 0.698. The molecule has 3 rings (SSSR count). The number of hydrogen-bond donors (Lipinski definition) is 1. The minimum atomic E-state index is -0.244. The first-order valence-electron chi connectivity index (χ1n) is 6.87. The van der Waals surface area contributed by atoms with Crippen LogP contribution in [0, 0.1) is 0 Å². The van der Waals surface area contributed by atoms with Crippen molar-refractivity contribution in [3.63, 3.8) is 0 Å². The van der Waals surface area contributed by atoms with Gasteiger partial charge in [-0.15, -0.1) is 0 Å². The number of rotatable bonds is 2. The highest BCUT2D eigenvalue weighted by Crippen LogP contribution is 2.41. The van der Waals surface area contributed by atoms with Crippen LogP contribution in [-0.4, -0.2) is 5.11 Å². The fourth-order valence-electron chi connectivity index (χ4n) is 2.92. The van der Waals surface area contributed by atoms with Crippen LogP contribution in [0.5, 0.6) is 5.75 Å². The fraction of sp³-hybridized carbons (Fsp3) is 0.158. The smallest absolute Gasteiger partial charge is 0.120 e. The summed E-state index contributed by atoms with van der Waals surface area (Å²) >= 11 is 0. The molecule has 1 nitrogen and oxygen atoms in total. The van der Waals surface area contributed by atoms with Gasteiger partial charge in [-0.1, -0.05) is 74.5 Å². The molecule has 0 radical (unpaired) electrons. The highest BCUT2D eigenvalue weighted by atomic mass is 16.3. The number of fused-ring (bicyclic) bond motifs is 1. The van der Waals surface area contributed by atoms with Gasteiger partial charge in [-0.2, -0.15) is 0 Å². The van der Waals surface area contributed by atoms with Crippen molar-refractivity contribution in [2.75, 3.05) is 0 Å². The van der Waals surface area contributed by atoms with E-state index in [0.717, 1.165) is 16.3 Å². The monoisotopic (exact) mass is 262 g/mol. The van der Waals surface area contributed by atoms with Crippen LogP contribution in [0.4, 0.5) is 0 Å². The maximum atomic E-state index is 10.4. The first-order valence-corrected chi connectivity index (χ1v) is 6.87. The van der Waals surface area contributed by atoms with Crippen molar-refractivity contribution < 1.29 is 5.11 Å². The second kappa shape index (κ2) is 4.68. The minimum absolute atomic E-state index is 0.244. The molecule has 0 heterocycles. The van der Waals surface area contributed by atoms with Gasteiger partial charge in [0, 0.05) is 11.0 Å². The topological polar surface area (TPSA) is 20.2 Å². The lowest BCUT2D eigenvalue weighted by atomic mass is 9.75. The summed E-state index contributed by atoms with van der Waals surface area (Å²) in [6.45, 7) is 4.31. The summed E-state index contributed by atoms with van der Waals surface area (Å²) in [6.07, 6.45) is 0. The molecular formula is C19H18O. The van der Waals surface area contributed by atoms with E-state index in [-0.39, 0.29) is 5.41 Å². The zero-order chi connectivity index (χ0) is 14.2. The summed E-state index contributed by atoms with van der Waals surface area (Å²) in [5, 5.41) is 12.7. The summed E-state index contributed by atoms with van der Waals surface area (Å²) in [5.74, 6) is 0.359. The van der Waals surface area contributed by atoms with E-state index in [0.29, 0.717) is 5.75 Å². The van der Waals surface area contributed by atoms with Crippen molar-refractivity contribution in [3.05, 3.63) is 77.9 Å². The maximum absolute atomic E-state index is 10.4. The van der Waals surface area contributed by atoms with Gasteiger partial charge < -0.3 is 5.11 Å². The molecule has 0 aliphatic heterocycles. The molecular weight excluding hydrogens is 244 g/mol. The van der Waals surface area contributed by atoms with E-state index in [9.17, 15) is 5.11 Å². The Kier molecular flexibility index (Phi) is 2.98. The van der Waals surface area contributed by atoms with E-state index in [4.69, 9.17) is 0 Å². The van der Waals surface area contributed by atoms with Crippen molar-refractivity contribution in [2.24, 2.45) is 0 Å². The lowest BCUT2D eigenvalue weighted by Crippen LogP contribution is -2.19. The number of hydrogen-bond acceptors (Lipinski definition) is 1. The molecule has 1 N–H and O–H groups in total. The van der Waals surface area contributed by atoms with Crippen LogP contribution in [-0.2, 0) is 5.41 Å². The largest absolute Gasteiger partial charge is 0.508 e. The third-order valence-electron chi connectivity index (χ3n) is 4.03. The average Bonchev–Trinajstić information content (AvgIpc) is 2.47. The molecule has 0 atom stereocenters. The number of benzene rings is 3. The van der Waals surface area contributed by atoms with Crippen LogP contribution < -0.4 is 0 Å². The SMILES string of the molecule is CC(C)(c1ccccc1)c1c(O)ccc2ccccc12. The standard InChI is InChI=1S/C19H18O/c1-19(2,15-9-4-3-5-10-15)18-16-11-7-6-8-14(16)12-13-17(18)20/h3-13,20H,1-2H3. The van der Waals surface area contributed by atoms with E-state index >= 15 is 0 Å². The summed E-state index contributed by atoms with van der Waals surface area (Å²) in [7, 11) is 0. The summed E-state index contributed by atoms with van der Waals surface area (Å²) in [4.78, 5) is 0. The Balaban J connectivity index is 2.31. The molecule has 0 amide bonds. The van der Waals surface area contributed by atoms with Gasteiger partial charge in [0.1, 0.15) is 5.75 Å². The Labute approximate surface area is 119 Å². The van der Waals surface area contributed by atoms with Crippen molar-refractivity contribution in [1.82, 2.24) is 0 Å². The summed E-state index contributed by atoms with van der Waals surface area (Å²) < 4.78 is 0. The second-order valence-corrected chi connectivity index (χ2v) is 5.67. The third kappa shape index (κ3) is 1.96. The molecule has 100 valence electrons. The van der Waals surface area contributed by atoms with E-state index in [1.54, 1.807) is 6.07 Å². The van der Waals surface area contributed by atoms with Gasteiger partial charge in [0.2, 0.25) is 0 Å². The lowest BCUT2D eigenvalue weighted by Gasteiger charge is -2.28. The molecule has 3 aromatic rings. The molecule has 0 aromatic heterocycles. The molecule has 1 heteroatoms. The van der Waals surface area contributed by atoms with Gasteiger partial charge in [-0.3, -0.25) is 0 Å². The minimum Gasteiger partial charge on any atom is -0.508 e. The predicted octanol–water partition coefficient (Wildman–Crippen LogP) is 4.87. The van der Waals surface area contributed by atoms with Crippen LogP contribution in [0.1, 0.15) is 25.0 Å². The lowest BCUT2D eigenvalue weighted by molar-refractivity contribution is 0.455. The molecule has 0 spiro atoms. The highest BCUT2D eigenvalue weighted by Gasteiger charge is 2.27. The number of aromatic hydroxyl groups is 1. The van der Waals surface area contributed by atoms with Crippen LogP contribution in [0.2, 0.25) is 0 Å². The van der Waals surface area contributed by atoms with E-state index in [1.807, 2.05) is 36.4 Å². The highest BCUT2D eigenvalue weighted by molar-refractivity contribution is 5.89. The molecule has 0 aliphatic rings. The van der Waals surface area contributed by atoms with Crippen LogP contribution in [0.25, 0.3) is 10.8 Å². The van der Waals surface area contributed by atoms with Gasteiger partial charge in [-0.05, 0) is 22.4 Å². The Hall–Kier alpha value is -2.28. The molecule has 0 fully saturated rings. The van der Waals surface area contributed by atoms with E-state index in [2.05, 4.69) is 38.1 Å². The maximum Gasteiger partial charge on any atom is 0.120 e. The number of phenolic OH excluding ortho intramolecular Hbond substituents is 1. The summed E-state index contributed by atoms with van der Waals surface area (Å²) in [6, 6.07) is 22.3. The van der Waals surface area contributed by atoms with Gasteiger partial charge in [0.25, 0.3) is 0 Å².